The van der Waals surface area contributed by atoms with Crippen molar-refractivity contribution in [3.63, 3.8) is 0 Å². The van der Waals surface area contributed by atoms with Crippen LogP contribution in [0.4, 0.5) is 34.1 Å². The van der Waals surface area contributed by atoms with Crippen LogP contribution in [-0.4, -0.2) is 106 Å². The number of fused-ring (bicyclic) bond motifs is 2. The van der Waals surface area contributed by atoms with Gasteiger partial charge in [-0.2, -0.15) is 21.9 Å². The second-order valence-corrected chi connectivity index (χ2v) is 19.4. The maximum atomic E-state index is 13.4. The van der Waals surface area contributed by atoms with E-state index in [0.29, 0.717) is 62.7 Å². The number of benzene rings is 8. The van der Waals surface area contributed by atoms with Crippen LogP contribution in [0, 0.1) is 0 Å². The molecule has 0 aliphatic heterocycles. The summed E-state index contributed by atoms with van der Waals surface area (Å²) >= 11 is 12.0. The van der Waals surface area contributed by atoms with Gasteiger partial charge >= 0.3 is 48.9 Å². The fraction of sp³-hybridized carbons (Fsp3) is 0.115. The van der Waals surface area contributed by atoms with Gasteiger partial charge in [0, 0.05) is 20.8 Å². The number of aliphatic imine (C=N–C) groups is 1. The summed E-state index contributed by atoms with van der Waals surface area (Å²) in [5, 5.41) is 58.8. The third-order valence-electron chi connectivity index (χ3n) is 11.2. The molecule has 0 fully saturated rings. The molecule has 23 heteroatoms. The van der Waals surface area contributed by atoms with E-state index in [1.807, 2.05) is 0 Å². The smallest absolute Gasteiger partial charge is 0.871 e. The van der Waals surface area contributed by atoms with E-state index in [9.17, 15) is 46.1 Å². The number of hydrogen-bond donors (Lipinski definition) is 4. The number of methoxy groups -OCH3 is 2. The van der Waals surface area contributed by atoms with E-state index < -0.39 is 53.3 Å². The number of anilines is 1. The molecule has 8 rings (SSSR count). The minimum absolute atomic E-state index is 0. The van der Waals surface area contributed by atoms with Crippen molar-refractivity contribution >= 4 is 160 Å². The molecule has 0 atom stereocenters. The Balaban J connectivity index is 0.000000241. The number of carbonyl (C=O) groups is 1. The number of halogens is 2. The van der Waals surface area contributed by atoms with Crippen molar-refractivity contribution in [2.75, 3.05) is 19.5 Å². The Morgan fingerprint density at radius 1 is 0.613 bits per heavy atom. The molecule has 18 nitrogen and oxygen atoms in total. The van der Waals surface area contributed by atoms with Crippen LogP contribution >= 0.6 is 23.2 Å². The van der Waals surface area contributed by atoms with Gasteiger partial charge < -0.3 is 30.1 Å². The van der Waals surface area contributed by atoms with E-state index in [1.54, 1.807) is 111 Å². The predicted octanol–water partition coefficient (Wildman–Crippen LogP) is 11.5. The van der Waals surface area contributed by atoms with Gasteiger partial charge in [0.1, 0.15) is 44.0 Å². The van der Waals surface area contributed by atoms with E-state index in [0.717, 1.165) is 12.1 Å². The molecule has 0 bridgehead atoms. The van der Waals surface area contributed by atoms with Crippen LogP contribution in [0.3, 0.4) is 0 Å². The van der Waals surface area contributed by atoms with E-state index in [-0.39, 0.29) is 98.5 Å². The SMILES string of the molecule is CCc1cc(Cl)cc(S(=O)(=O)O)c1N=Nc1c(O)c(C(=O)Nc2ccccc2OC)cc2ccccc12.CCc1cc(Cl)cc(S(=O)(=O)O)c1N=Nc1c([O-])c(C([O-])=Nc2ccccc2OC)cc2ccccc12.[Ba+2]. The molecule has 0 saturated heterocycles. The van der Waals surface area contributed by atoms with Crippen molar-refractivity contribution in [3.05, 3.63) is 166 Å². The molecule has 0 aliphatic carbocycles. The zero-order chi connectivity index (χ0) is 53.5. The van der Waals surface area contributed by atoms with E-state index in [1.165, 1.54) is 38.5 Å². The van der Waals surface area contributed by atoms with Crippen LogP contribution < -0.4 is 25.0 Å². The van der Waals surface area contributed by atoms with Gasteiger partial charge in [0.05, 0.1) is 31.2 Å². The Hall–Kier alpha value is -6.41. The van der Waals surface area contributed by atoms with Crippen LogP contribution in [-0.2, 0) is 33.1 Å². The van der Waals surface area contributed by atoms with Gasteiger partial charge in [-0.1, -0.05) is 116 Å². The van der Waals surface area contributed by atoms with Crippen LogP contribution in [0.25, 0.3) is 21.5 Å². The van der Waals surface area contributed by atoms with Gasteiger partial charge in [-0.25, -0.2) is 0 Å². The molecule has 0 saturated carbocycles. The van der Waals surface area contributed by atoms with E-state index in [4.69, 9.17) is 32.7 Å². The minimum atomic E-state index is -4.71. The second kappa shape index (κ2) is 25.0. The molecule has 4 N–H and O–H groups in total. The zero-order valence-corrected chi connectivity index (χ0v) is 47.7. The van der Waals surface area contributed by atoms with Crippen molar-refractivity contribution < 1.29 is 55.5 Å². The zero-order valence-electron chi connectivity index (χ0n) is 40.1. The second-order valence-electron chi connectivity index (χ2n) is 15.8. The number of hydrogen-bond acceptors (Lipinski definition) is 15. The van der Waals surface area contributed by atoms with Gasteiger partial charge in [-0.15, -0.1) is 15.3 Å². The fourth-order valence-corrected chi connectivity index (χ4v) is 9.60. The van der Waals surface area contributed by atoms with Gasteiger partial charge in [0.2, 0.25) is 0 Å². The molecule has 0 spiro atoms. The average Bonchev–Trinajstić information content (AvgIpc) is 3.37. The number of carbonyl (C=O) groups excluding carboxylic acids is 1. The van der Waals surface area contributed by atoms with Crippen LogP contribution in [0.15, 0.2) is 169 Å². The molecule has 0 radical (unpaired) electrons. The summed E-state index contributed by atoms with van der Waals surface area (Å²) in [7, 11) is -6.48. The Bertz CT molecular complexity index is 3830. The normalized spacial score (nSPS) is 11.9. The number of amides is 1. The first-order chi connectivity index (χ1) is 35.3. The van der Waals surface area contributed by atoms with Gasteiger partial charge in [-0.05, 0) is 107 Å². The molecule has 380 valence electrons. The number of phenols is 1. The predicted molar refractivity (Wildman–Crippen MR) is 285 cm³/mol. The minimum Gasteiger partial charge on any atom is -0.871 e. The molecule has 1 amide bonds. The van der Waals surface area contributed by atoms with E-state index >= 15 is 0 Å². The molecule has 0 unspecified atom stereocenters. The Morgan fingerprint density at radius 3 is 1.57 bits per heavy atom. The van der Waals surface area contributed by atoms with Crippen molar-refractivity contribution in [2.45, 2.75) is 36.5 Å². The van der Waals surface area contributed by atoms with Crippen LogP contribution in [0.2, 0.25) is 10.0 Å². The average molecular weight is 1220 g/mol. The van der Waals surface area contributed by atoms with Gasteiger partial charge in [0.15, 0.2) is 5.75 Å². The summed E-state index contributed by atoms with van der Waals surface area (Å²) in [6.45, 7) is 3.50. The summed E-state index contributed by atoms with van der Waals surface area (Å²) in [6, 6.07) is 35.1. The number of azo groups is 2. The molecule has 8 aromatic rings. The first-order valence-corrected chi connectivity index (χ1v) is 25.7. The Morgan fingerprint density at radius 2 is 1.05 bits per heavy atom. The first-order valence-electron chi connectivity index (χ1n) is 22.0. The maximum Gasteiger partial charge on any atom is 2.00 e. The summed E-state index contributed by atoms with van der Waals surface area (Å²) < 4.78 is 78.0. The third kappa shape index (κ3) is 13.3. The van der Waals surface area contributed by atoms with Crippen LogP contribution in [0.1, 0.15) is 40.9 Å². The van der Waals surface area contributed by atoms with Gasteiger partial charge in [-0.3, -0.25) is 18.9 Å². The Kier molecular flexibility index (Phi) is 19.3. The summed E-state index contributed by atoms with van der Waals surface area (Å²) in [5.74, 6) is -1.85. The largest absolute Gasteiger partial charge is 2.00 e. The molecule has 0 heterocycles. The van der Waals surface area contributed by atoms with Crippen molar-refractivity contribution in [3.8, 4) is 23.0 Å². The fourth-order valence-electron chi connectivity index (χ4n) is 7.60. The molecule has 8 aromatic carbocycles. The first kappa shape index (κ1) is 57.9. The number of phenolic OH excluding ortho intramolecular Hbond substituents is 1. The number of nitrogens with zero attached hydrogens (tertiary/aromatic N) is 5. The number of para-hydroxylation sites is 4. The van der Waals surface area contributed by atoms with Crippen molar-refractivity contribution in [1.82, 2.24) is 0 Å². The van der Waals surface area contributed by atoms with Crippen molar-refractivity contribution in [1.29, 1.82) is 0 Å². The monoisotopic (exact) mass is 1210 g/mol. The summed E-state index contributed by atoms with van der Waals surface area (Å²) in [4.78, 5) is 16.2. The molecule has 0 aromatic heterocycles. The van der Waals surface area contributed by atoms with Crippen LogP contribution in [0.5, 0.6) is 23.0 Å². The van der Waals surface area contributed by atoms with E-state index in [2.05, 4.69) is 30.8 Å². The quantitative estimate of drug-likeness (QED) is 0.0260. The number of nitrogens with one attached hydrogen (secondary N) is 1. The maximum absolute atomic E-state index is 13.4. The topological polar surface area (TPSA) is 284 Å². The molecule has 0 aliphatic rings. The summed E-state index contributed by atoms with van der Waals surface area (Å²) in [5.41, 5.74) is 0.596. The number of rotatable bonds is 14. The number of aromatic hydroxyl groups is 1. The molecular formula is C52H42BaCl2N6O12S2. The number of ether oxygens (including phenoxy) is 2. The molecule has 75 heavy (non-hydrogen) atoms. The summed E-state index contributed by atoms with van der Waals surface area (Å²) in [6.07, 6.45) is 0.657. The number of aryl methyl sites for hydroxylation is 2. The third-order valence-corrected chi connectivity index (χ3v) is 13.3. The van der Waals surface area contributed by atoms with Gasteiger partial charge in [0.25, 0.3) is 26.1 Å². The van der Waals surface area contributed by atoms with Crippen molar-refractivity contribution in [2.24, 2.45) is 25.4 Å². The molecular weight excluding hydrogens is 1170 g/mol. The standard InChI is InChI=1S/2C26H22ClN3O6S.Ba/c2*1-3-15-12-17(27)14-22(37(33,34)35)23(15)29-30-24-18-9-5-4-8-16(18)13-19(25(24)31)26(32)28-20-10-6-7-11-21(20)36-2;/h2*4-14,31H,3H2,1-2H3,(H,28,32)(H,33,34,35);/q;;+2/p-2. The Labute approximate surface area is 481 Å².